The molecule has 3 rings (SSSR count). The number of hydrogen-bond acceptors (Lipinski definition) is 4. The van der Waals surface area contributed by atoms with Crippen LogP contribution in [0.15, 0.2) is 41.9 Å². The molecule has 0 saturated carbocycles. The quantitative estimate of drug-likeness (QED) is 0.637. The number of ether oxygens (including phenoxy) is 1. The highest BCUT2D eigenvalue weighted by Gasteiger charge is 2.35. The second kappa shape index (κ2) is 7.05. The van der Waals surface area contributed by atoms with Gasteiger partial charge in [0.05, 0.1) is 29.9 Å². The zero-order valence-electron chi connectivity index (χ0n) is 14.3. The van der Waals surface area contributed by atoms with Gasteiger partial charge in [-0.15, -0.1) is 0 Å². The molecule has 6 nitrogen and oxygen atoms in total. The zero-order chi connectivity index (χ0) is 19.0. The molecule has 0 amide bonds. The topological polar surface area (TPSA) is 59.4 Å². The monoisotopic (exact) mass is 394 g/mol. The van der Waals surface area contributed by atoms with Crippen LogP contribution in [-0.4, -0.2) is 28.0 Å². The summed E-state index contributed by atoms with van der Waals surface area (Å²) in [5, 5.41) is 7.60. The van der Waals surface area contributed by atoms with E-state index >= 15 is 0 Å². The fourth-order valence-corrected chi connectivity index (χ4v) is 3.43. The number of aromatic nitrogens is 2. The maximum Gasteiger partial charge on any atom is 0.337 e. The van der Waals surface area contributed by atoms with Crippen LogP contribution in [-0.2, 0) is 16.6 Å². The van der Waals surface area contributed by atoms with Crippen LogP contribution in [0.2, 0.25) is 5.02 Å². The van der Waals surface area contributed by atoms with E-state index in [-0.39, 0.29) is 5.02 Å². The molecule has 0 aliphatic carbocycles. The number of carbonyl (C=O) groups is 1. The van der Waals surface area contributed by atoms with E-state index in [1.165, 1.54) is 25.3 Å². The summed E-state index contributed by atoms with van der Waals surface area (Å²) in [7, 11) is 3.10. The summed E-state index contributed by atoms with van der Waals surface area (Å²) in [4.78, 5) is 14.1. The van der Waals surface area contributed by atoms with Crippen molar-refractivity contribution in [1.82, 2.24) is 15.1 Å². The Morgan fingerprint density at radius 3 is 2.77 bits per heavy atom. The Kier molecular flexibility index (Phi) is 4.97. The number of hydrogen-bond donors (Lipinski definition) is 1. The molecular formula is C17H16ClFN4O2S. The summed E-state index contributed by atoms with van der Waals surface area (Å²) in [5.74, 6) is -1.03. The molecule has 0 spiro atoms. The molecule has 26 heavy (non-hydrogen) atoms. The van der Waals surface area contributed by atoms with Crippen molar-refractivity contribution in [3.05, 3.63) is 58.3 Å². The average molecular weight is 395 g/mol. The molecule has 0 fully saturated rings. The van der Waals surface area contributed by atoms with Crippen molar-refractivity contribution in [2.24, 2.45) is 7.05 Å². The third kappa shape index (κ3) is 3.17. The van der Waals surface area contributed by atoms with Crippen molar-refractivity contribution in [1.29, 1.82) is 0 Å². The molecule has 1 aliphatic heterocycles. The van der Waals surface area contributed by atoms with Crippen LogP contribution in [0.1, 0.15) is 18.5 Å². The molecule has 1 aromatic carbocycles. The summed E-state index contributed by atoms with van der Waals surface area (Å²) < 4.78 is 20.1. The zero-order valence-corrected chi connectivity index (χ0v) is 15.9. The smallest absolute Gasteiger partial charge is 0.337 e. The van der Waals surface area contributed by atoms with Crippen molar-refractivity contribution in [3.63, 3.8) is 0 Å². The Hall–Kier alpha value is -2.45. The molecule has 1 aromatic heterocycles. The van der Waals surface area contributed by atoms with E-state index in [4.69, 9.17) is 28.6 Å². The summed E-state index contributed by atoms with van der Waals surface area (Å²) in [6.07, 6.45) is 3.45. The normalized spacial score (nSPS) is 17.3. The fraction of sp³-hybridized carbons (Fsp3) is 0.235. The van der Waals surface area contributed by atoms with Gasteiger partial charge < -0.3 is 10.1 Å². The Bertz CT molecular complexity index is 927. The van der Waals surface area contributed by atoms with Crippen molar-refractivity contribution in [2.75, 3.05) is 12.0 Å². The predicted octanol–water partition coefficient (Wildman–Crippen LogP) is 3.10. The van der Waals surface area contributed by atoms with Gasteiger partial charge in [0.1, 0.15) is 5.82 Å². The lowest BCUT2D eigenvalue weighted by molar-refractivity contribution is -0.136. The van der Waals surface area contributed by atoms with Crippen molar-refractivity contribution >= 4 is 40.6 Å². The second-order valence-electron chi connectivity index (χ2n) is 5.75. The summed E-state index contributed by atoms with van der Waals surface area (Å²) in [6.45, 7) is 1.75. The van der Waals surface area contributed by atoms with Gasteiger partial charge in [-0.3, -0.25) is 9.58 Å². The number of thiocarbonyl (C=S) groups is 1. The van der Waals surface area contributed by atoms with Crippen molar-refractivity contribution in [2.45, 2.75) is 13.0 Å². The van der Waals surface area contributed by atoms with E-state index in [1.807, 2.05) is 0 Å². The van der Waals surface area contributed by atoms with E-state index in [2.05, 4.69) is 10.4 Å². The highest BCUT2D eigenvalue weighted by atomic mass is 35.5. The van der Waals surface area contributed by atoms with E-state index < -0.39 is 17.8 Å². The van der Waals surface area contributed by atoms with E-state index in [0.29, 0.717) is 22.1 Å². The third-order valence-corrected chi connectivity index (χ3v) is 4.70. The average Bonchev–Trinajstić information content (AvgIpc) is 3.03. The lowest BCUT2D eigenvalue weighted by Crippen LogP contribution is -2.48. The SMILES string of the molecule is COC(=O)C1=C(C)N(c2ccc(F)c(Cl)c2)C(=S)NC1c1cnn(C)c1. The number of esters is 1. The Balaban J connectivity index is 2.14. The highest BCUT2D eigenvalue weighted by Crippen LogP contribution is 2.35. The minimum Gasteiger partial charge on any atom is -0.466 e. The Morgan fingerprint density at radius 1 is 1.46 bits per heavy atom. The number of nitrogens with zero attached hydrogens (tertiary/aromatic N) is 3. The van der Waals surface area contributed by atoms with Gasteiger partial charge >= 0.3 is 5.97 Å². The van der Waals surface area contributed by atoms with Crippen LogP contribution in [0.3, 0.4) is 0 Å². The molecule has 136 valence electrons. The predicted molar refractivity (Wildman–Crippen MR) is 100 cm³/mol. The summed E-state index contributed by atoms with van der Waals surface area (Å²) in [6, 6.07) is 3.74. The number of halogens is 2. The van der Waals surface area contributed by atoms with Crippen LogP contribution >= 0.6 is 23.8 Å². The molecule has 0 bridgehead atoms. The third-order valence-electron chi connectivity index (χ3n) is 4.11. The van der Waals surface area contributed by atoms with Gasteiger partial charge in [0.25, 0.3) is 0 Å². The number of allylic oxidation sites excluding steroid dienone is 1. The molecule has 0 saturated heterocycles. The van der Waals surface area contributed by atoms with Gasteiger partial charge in [-0.1, -0.05) is 11.6 Å². The van der Waals surface area contributed by atoms with Crippen LogP contribution in [0.25, 0.3) is 0 Å². The number of nitrogens with one attached hydrogen (secondary N) is 1. The number of aryl methyl sites for hydroxylation is 1. The van der Waals surface area contributed by atoms with E-state index in [9.17, 15) is 9.18 Å². The standard InChI is InChI=1S/C17H16ClFN4O2S/c1-9-14(16(24)25-3)15(10-7-20-22(2)8-10)21-17(26)23(9)11-4-5-13(19)12(18)6-11/h4-8,15H,1-3H3,(H,21,26). The molecule has 0 radical (unpaired) electrons. The maximum atomic E-state index is 13.5. The van der Waals surface area contributed by atoms with E-state index in [1.54, 1.807) is 35.9 Å². The van der Waals surface area contributed by atoms with Crippen LogP contribution in [0.4, 0.5) is 10.1 Å². The van der Waals surface area contributed by atoms with Crippen LogP contribution in [0, 0.1) is 5.82 Å². The maximum absolute atomic E-state index is 13.5. The van der Waals surface area contributed by atoms with Gasteiger partial charge in [-0.05, 0) is 37.3 Å². The first kappa shape index (κ1) is 18.3. The summed E-state index contributed by atoms with van der Waals surface area (Å²) in [5.41, 5.74) is 2.26. The minimum absolute atomic E-state index is 0.0351. The minimum atomic E-state index is -0.533. The molecule has 2 heterocycles. The lowest BCUT2D eigenvalue weighted by Gasteiger charge is -2.37. The Morgan fingerprint density at radius 2 is 2.19 bits per heavy atom. The molecule has 2 aromatic rings. The number of carbonyl (C=O) groups excluding carboxylic acids is 1. The lowest BCUT2D eigenvalue weighted by atomic mass is 9.97. The van der Waals surface area contributed by atoms with E-state index in [0.717, 1.165) is 5.56 Å². The van der Waals surface area contributed by atoms with Crippen molar-refractivity contribution in [3.8, 4) is 0 Å². The van der Waals surface area contributed by atoms with Gasteiger partial charge in [-0.2, -0.15) is 5.10 Å². The molecule has 9 heteroatoms. The van der Waals surface area contributed by atoms with Gasteiger partial charge in [0, 0.05) is 30.2 Å². The van der Waals surface area contributed by atoms with Gasteiger partial charge in [0.2, 0.25) is 0 Å². The number of anilines is 1. The molecule has 1 aliphatic rings. The number of methoxy groups -OCH3 is 1. The highest BCUT2D eigenvalue weighted by molar-refractivity contribution is 7.80. The first-order chi connectivity index (χ1) is 12.3. The van der Waals surface area contributed by atoms with Crippen LogP contribution < -0.4 is 10.2 Å². The van der Waals surface area contributed by atoms with Crippen LogP contribution in [0.5, 0.6) is 0 Å². The fourth-order valence-electron chi connectivity index (χ4n) is 2.89. The number of benzene rings is 1. The largest absolute Gasteiger partial charge is 0.466 e. The Labute approximate surface area is 160 Å². The number of rotatable bonds is 3. The molecule has 1 atom stereocenters. The first-order valence-corrected chi connectivity index (χ1v) is 8.45. The molecule has 1 unspecified atom stereocenters. The van der Waals surface area contributed by atoms with Crippen molar-refractivity contribution < 1.29 is 13.9 Å². The van der Waals surface area contributed by atoms with Gasteiger partial charge in [0.15, 0.2) is 5.11 Å². The second-order valence-corrected chi connectivity index (χ2v) is 6.55. The van der Waals surface area contributed by atoms with Gasteiger partial charge in [-0.25, -0.2) is 9.18 Å². The molecule has 1 N–H and O–H groups in total. The molecular weight excluding hydrogens is 379 g/mol. The first-order valence-electron chi connectivity index (χ1n) is 7.66. The summed E-state index contributed by atoms with van der Waals surface area (Å²) >= 11 is 11.4.